The van der Waals surface area contributed by atoms with Crippen molar-refractivity contribution in [3.05, 3.63) is 36.5 Å². The standard InChI is InChI=1S/C78H153N2O6P/c1-6-8-10-12-14-16-18-20-22-24-26-28-30-32-34-36-37-38-39-40-41-42-43-44-46-48-50-52-54-56-58-60-62-64-66-68-70-72-78(82)79-76(75-86-87(83,84)85-74-73-80(3,4)5)77(81)71-69-67-65-63-61-59-57-55-53-51-49-47-45-35-33-31-29-27-25-23-21-19-17-15-13-11-9-7-2/h18,20,24,26,69,71,76-77,81H,6-17,19,21-23,25,27-68,70,72-75H2,1-5H3,(H-,79,82,83,84)/p+1/b20-18-,26-24-,71-69+. The molecule has 3 unspecified atom stereocenters. The maximum Gasteiger partial charge on any atom is 0.472 e. The van der Waals surface area contributed by atoms with Crippen LogP contribution in [0.15, 0.2) is 36.5 Å². The van der Waals surface area contributed by atoms with E-state index in [0.29, 0.717) is 17.4 Å². The molecular formula is C78H154N2O6P+. The third-order valence-electron chi connectivity index (χ3n) is 18.1. The van der Waals surface area contributed by atoms with E-state index in [-0.39, 0.29) is 19.1 Å². The molecule has 3 atom stereocenters. The van der Waals surface area contributed by atoms with Crippen molar-refractivity contribution in [3.8, 4) is 0 Å². The normalized spacial score (nSPS) is 13.7. The number of nitrogens with one attached hydrogen (secondary N) is 1. The molecule has 0 radical (unpaired) electrons. The lowest BCUT2D eigenvalue weighted by Crippen LogP contribution is -2.45. The number of carbonyl (C=O) groups is 1. The van der Waals surface area contributed by atoms with Gasteiger partial charge in [-0.2, -0.15) is 0 Å². The van der Waals surface area contributed by atoms with Gasteiger partial charge in [-0.05, 0) is 51.4 Å². The van der Waals surface area contributed by atoms with E-state index in [9.17, 15) is 19.4 Å². The number of allylic oxidation sites excluding steroid dienone is 5. The van der Waals surface area contributed by atoms with Crippen LogP contribution >= 0.6 is 7.82 Å². The van der Waals surface area contributed by atoms with Gasteiger partial charge in [-0.15, -0.1) is 0 Å². The second-order valence-electron chi connectivity index (χ2n) is 28.1. The zero-order chi connectivity index (χ0) is 63.4. The van der Waals surface area contributed by atoms with Crippen LogP contribution in [0.4, 0.5) is 0 Å². The van der Waals surface area contributed by atoms with Gasteiger partial charge in [-0.3, -0.25) is 13.8 Å². The number of phosphoric acid groups is 1. The van der Waals surface area contributed by atoms with Crippen LogP contribution < -0.4 is 5.32 Å². The van der Waals surface area contributed by atoms with Gasteiger partial charge >= 0.3 is 7.82 Å². The number of amides is 1. The number of phosphoric ester groups is 1. The lowest BCUT2D eigenvalue weighted by atomic mass is 10.0. The minimum absolute atomic E-state index is 0.0642. The number of carbonyl (C=O) groups excluding carboxylic acids is 1. The number of aliphatic hydroxyl groups is 1. The van der Waals surface area contributed by atoms with E-state index in [1.807, 2.05) is 27.2 Å². The largest absolute Gasteiger partial charge is 0.472 e. The molecule has 0 aliphatic rings. The van der Waals surface area contributed by atoms with Crippen molar-refractivity contribution in [1.29, 1.82) is 0 Å². The van der Waals surface area contributed by atoms with Crippen LogP contribution in [-0.4, -0.2) is 73.4 Å². The van der Waals surface area contributed by atoms with Crippen LogP contribution in [0.25, 0.3) is 0 Å². The van der Waals surface area contributed by atoms with E-state index < -0.39 is 20.0 Å². The average Bonchev–Trinajstić information content (AvgIpc) is 3.70. The number of nitrogens with zero attached hydrogens (tertiary/aromatic N) is 1. The molecule has 0 spiro atoms. The monoisotopic (exact) mass is 1250 g/mol. The summed E-state index contributed by atoms with van der Waals surface area (Å²) in [6.45, 7) is 4.87. The van der Waals surface area contributed by atoms with Gasteiger partial charge in [0.15, 0.2) is 0 Å². The number of hydrogen-bond acceptors (Lipinski definition) is 5. The molecule has 0 saturated carbocycles. The molecule has 9 heteroatoms. The third-order valence-corrected chi connectivity index (χ3v) is 19.1. The molecule has 8 nitrogen and oxygen atoms in total. The van der Waals surface area contributed by atoms with Gasteiger partial charge in [-0.25, -0.2) is 4.57 Å². The van der Waals surface area contributed by atoms with Crippen molar-refractivity contribution in [1.82, 2.24) is 5.32 Å². The first kappa shape index (κ1) is 85.7. The molecule has 0 aromatic rings. The third kappa shape index (κ3) is 72.0. The van der Waals surface area contributed by atoms with Gasteiger partial charge in [0, 0.05) is 6.42 Å². The van der Waals surface area contributed by atoms with Gasteiger partial charge in [0.25, 0.3) is 0 Å². The molecule has 0 bridgehead atoms. The number of unbranched alkanes of at least 4 members (excludes halogenated alkanes) is 56. The molecule has 87 heavy (non-hydrogen) atoms. The highest BCUT2D eigenvalue weighted by molar-refractivity contribution is 7.47. The van der Waals surface area contributed by atoms with Crippen molar-refractivity contribution in [2.24, 2.45) is 0 Å². The summed E-state index contributed by atoms with van der Waals surface area (Å²) in [6.07, 6.45) is 93.3. The van der Waals surface area contributed by atoms with Gasteiger partial charge < -0.3 is 19.8 Å². The zero-order valence-electron chi connectivity index (χ0n) is 59.3. The molecular weight excluding hydrogens is 1090 g/mol. The Morgan fingerprint density at radius 2 is 0.655 bits per heavy atom. The van der Waals surface area contributed by atoms with E-state index in [0.717, 1.165) is 38.5 Å². The fraction of sp³-hybridized carbons (Fsp3) is 0.910. The average molecular weight is 1250 g/mol. The Balaban J connectivity index is 3.95. The summed E-state index contributed by atoms with van der Waals surface area (Å²) in [6, 6.07) is -0.846. The quantitative estimate of drug-likeness (QED) is 0.0243. The Morgan fingerprint density at radius 3 is 0.943 bits per heavy atom. The van der Waals surface area contributed by atoms with E-state index >= 15 is 0 Å². The predicted molar refractivity (Wildman–Crippen MR) is 383 cm³/mol. The fourth-order valence-corrected chi connectivity index (χ4v) is 12.8. The van der Waals surface area contributed by atoms with E-state index in [2.05, 4.69) is 43.5 Å². The molecule has 0 aromatic carbocycles. The first-order chi connectivity index (χ1) is 42.5. The van der Waals surface area contributed by atoms with Crippen molar-refractivity contribution in [3.63, 3.8) is 0 Å². The van der Waals surface area contributed by atoms with Crippen LogP contribution in [0.3, 0.4) is 0 Å². The lowest BCUT2D eigenvalue weighted by molar-refractivity contribution is -0.870. The van der Waals surface area contributed by atoms with Crippen LogP contribution in [0.1, 0.15) is 406 Å². The Morgan fingerprint density at radius 1 is 0.391 bits per heavy atom. The van der Waals surface area contributed by atoms with Gasteiger partial charge in [-0.1, -0.05) is 384 Å². The van der Waals surface area contributed by atoms with Gasteiger partial charge in [0.2, 0.25) is 5.91 Å². The molecule has 1 amide bonds. The number of quaternary nitrogens is 1. The molecule has 0 aromatic heterocycles. The smallest absolute Gasteiger partial charge is 0.387 e. The molecule has 0 fully saturated rings. The van der Waals surface area contributed by atoms with Crippen molar-refractivity contribution in [2.45, 2.75) is 418 Å². The van der Waals surface area contributed by atoms with Crippen LogP contribution in [0, 0.1) is 0 Å². The number of hydrogen-bond donors (Lipinski definition) is 3. The van der Waals surface area contributed by atoms with Crippen LogP contribution in [0.2, 0.25) is 0 Å². The first-order valence-corrected chi connectivity index (χ1v) is 40.4. The molecule has 3 N–H and O–H groups in total. The Kier molecular flexibility index (Phi) is 68.1. The summed E-state index contributed by atoms with van der Waals surface area (Å²) in [7, 11) is 1.59. The number of rotatable bonds is 73. The molecule has 0 heterocycles. The minimum atomic E-state index is -4.35. The Labute approximate surface area is 544 Å². The van der Waals surface area contributed by atoms with Gasteiger partial charge in [0.05, 0.1) is 39.9 Å². The predicted octanol–water partition coefficient (Wildman–Crippen LogP) is 25.2. The maximum atomic E-state index is 13.1. The molecule has 0 aliphatic heterocycles. The highest BCUT2D eigenvalue weighted by Gasteiger charge is 2.28. The van der Waals surface area contributed by atoms with Crippen molar-refractivity contribution < 1.29 is 32.9 Å². The summed E-state index contributed by atoms with van der Waals surface area (Å²) in [4.78, 5) is 23.5. The second kappa shape index (κ2) is 69.1. The molecule has 516 valence electrons. The van der Waals surface area contributed by atoms with Crippen LogP contribution in [0.5, 0.6) is 0 Å². The van der Waals surface area contributed by atoms with E-state index in [4.69, 9.17) is 9.05 Å². The lowest BCUT2D eigenvalue weighted by Gasteiger charge is -2.25. The summed E-state index contributed by atoms with van der Waals surface area (Å²) < 4.78 is 23.9. The summed E-state index contributed by atoms with van der Waals surface area (Å²) in [5, 5.41) is 14.1. The highest BCUT2D eigenvalue weighted by atomic mass is 31.2. The van der Waals surface area contributed by atoms with Crippen LogP contribution in [-0.2, 0) is 18.4 Å². The number of aliphatic hydroxyl groups excluding tert-OH is 1. The zero-order valence-corrected chi connectivity index (χ0v) is 60.2. The maximum absolute atomic E-state index is 13.1. The van der Waals surface area contributed by atoms with Crippen molar-refractivity contribution >= 4 is 13.7 Å². The Bertz CT molecular complexity index is 1510. The molecule has 0 aliphatic carbocycles. The summed E-state index contributed by atoms with van der Waals surface area (Å²) in [5.41, 5.74) is 0. The fourth-order valence-electron chi connectivity index (χ4n) is 12.1. The van der Waals surface area contributed by atoms with E-state index in [1.54, 1.807) is 6.08 Å². The molecule has 0 rings (SSSR count). The summed E-state index contributed by atoms with van der Waals surface area (Å²) in [5.74, 6) is -0.167. The SMILES string of the molecule is CCCCCCC/C=C\C/C=C\CCCCCCCCCCCCCCCCCCCCCCCCCCCC(=O)NC(COP(=O)(O)OCC[N+](C)(C)C)C(O)/C=C/CCCCCCCCCCCCCCCCCCCCCCCCCCCC. The second-order valence-corrected chi connectivity index (χ2v) is 29.5. The highest BCUT2D eigenvalue weighted by Crippen LogP contribution is 2.43. The first-order valence-electron chi connectivity index (χ1n) is 38.9. The number of likely N-dealkylation sites (N-methyl/N-ethyl adjacent to an activating group) is 1. The molecule has 0 saturated heterocycles. The van der Waals surface area contributed by atoms with E-state index in [1.165, 1.54) is 347 Å². The topological polar surface area (TPSA) is 105 Å². The minimum Gasteiger partial charge on any atom is -0.387 e. The van der Waals surface area contributed by atoms with Gasteiger partial charge in [0.1, 0.15) is 13.2 Å². The van der Waals surface area contributed by atoms with Crippen molar-refractivity contribution in [2.75, 3.05) is 40.9 Å². The summed E-state index contributed by atoms with van der Waals surface area (Å²) >= 11 is 0. The Hall–Kier alpha value is -1.28.